The molecule has 0 saturated carbocycles. The van der Waals surface area contributed by atoms with E-state index in [2.05, 4.69) is 27.8 Å². The Labute approximate surface area is 166 Å². The van der Waals surface area contributed by atoms with Crippen LogP contribution in [0.1, 0.15) is 27.2 Å². The Hall–Kier alpha value is -3.78. The van der Waals surface area contributed by atoms with Gasteiger partial charge in [0.05, 0.1) is 23.0 Å². The molecule has 0 spiro atoms. The number of imidazole rings is 1. The van der Waals surface area contributed by atoms with Crippen molar-refractivity contribution in [3.8, 4) is 11.6 Å². The molecule has 0 aliphatic carbocycles. The molecule has 1 aliphatic heterocycles. The summed E-state index contributed by atoms with van der Waals surface area (Å²) in [4.78, 5) is 25.7. The van der Waals surface area contributed by atoms with Crippen molar-refractivity contribution in [3.05, 3.63) is 77.2 Å². The SMILES string of the molecule is NC(=O)c1cccn2c(-c3nc4c(c(NCc5ccccc5)n3)CNC4)ncc12. The molecule has 1 aromatic carbocycles. The minimum absolute atomic E-state index is 0.413. The van der Waals surface area contributed by atoms with E-state index in [-0.39, 0.29) is 0 Å². The fourth-order valence-electron chi connectivity index (χ4n) is 3.59. The average Bonchev–Trinajstić information content (AvgIpc) is 3.39. The van der Waals surface area contributed by atoms with E-state index < -0.39 is 5.91 Å². The lowest BCUT2D eigenvalue weighted by Gasteiger charge is -2.12. The van der Waals surface area contributed by atoms with Crippen LogP contribution in [0, 0.1) is 0 Å². The Bertz CT molecular complexity index is 1220. The lowest BCUT2D eigenvalue weighted by Crippen LogP contribution is -2.12. The summed E-state index contributed by atoms with van der Waals surface area (Å²) in [6.07, 6.45) is 3.46. The van der Waals surface area contributed by atoms with Gasteiger partial charge in [0, 0.05) is 31.4 Å². The first-order valence-corrected chi connectivity index (χ1v) is 9.35. The van der Waals surface area contributed by atoms with Gasteiger partial charge in [-0.3, -0.25) is 9.20 Å². The van der Waals surface area contributed by atoms with Gasteiger partial charge in [0.15, 0.2) is 11.6 Å². The normalized spacial score (nSPS) is 12.8. The predicted octanol–water partition coefficient (Wildman–Crippen LogP) is 2.11. The van der Waals surface area contributed by atoms with Crippen molar-refractivity contribution in [2.24, 2.45) is 5.73 Å². The summed E-state index contributed by atoms with van der Waals surface area (Å²) in [5.74, 6) is 1.37. The summed E-state index contributed by atoms with van der Waals surface area (Å²) in [7, 11) is 0. The lowest BCUT2D eigenvalue weighted by molar-refractivity contribution is 0.100. The van der Waals surface area contributed by atoms with Gasteiger partial charge >= 0.3 is 0 Å². The van der Waals surface area contributed by atoms with Crippen molar-refractivity contribution in [1.82, 2.24) is 24.7 Å². The zero-order valence-corrected chi connectivity index (χ0v) is 15.6. The van der Waals surface area contributed by atoms with E-state index in [4.69, 9.17) is 15.7 Å². The average molecular weight is 385 g/mol. The van der Waals surface area contributed by atoms with Crippen molar-refractivity contribution in [2.75, 3.05) is 5.32 Å². The summed E-state index contributed by atoms with van der Waals surface area (Å²) in [6.45, 7) is 2.07. The number of benzene rings is 1. The highest BCUT2D eigenvalue weighted by molar-refractivity contribution is 5.99. The number of fused-ring (bicyclic) bond motifs is 2. The molecule has 0 unspecified atom stereocenters. The molecule has 5 rings (SSSR count). The van der Waals surface area contributed by atoms with Gasteiger partial charge in [-0.1, -0.05) is 30.3 Å². The van der Waals surface area contributed by atoms with Crippen LogP contribution in [0.25, 0.3) is 17.2 Å². The number of anilines is 1. The third-order valence-electron chi connectivity index (χ3n) is 5.03. The van der Waals surface area contributed by atoms with Crippen LogP contribution in [0.3, 0.4) is 0 Å². The smallest absolute Gasteiger partial charge is 0.250 e. The Kier molecular flexibility index (Phi) is 4.18. The number of carbonyl (C=O) groups is 1. The number of nitrogens with two attached hydrogens (primary N) is 1. The van der Waals surface area contributed by atoms with Gasteiger partial charge in [-0.15, -0.1) is 0 Å². The van der Waals surface area contributed by atoms with Crippen molar-refractivity contribution in [2.45, 2.75) is 19.6 Å². The van der Waals surface area contributed by atoms with E-state index in [1.54, 1.807) is 22.7 Å². The molecular formula is C21H19N7O. The van der Waals surface area contributed by atoms with E-state index in [0.717, 1.165) is 23.6 Å². The molecule has 29 heavy (non-hydrogen) atoms. The predicted molar refractivity (Wildman–Crippen MR) is 109 cm³/mol. The van der Waals surface area contributed by atoms with Gasteiger partial charge < -0.3 is 16.4 Å². The summed E-state index contributed by atoms with van der Waals surface area (Å²) in [5.41, 5.74) is 9.74. The third kappa shape index (κ3) is 3.09. The number of pyridine rings is 1. The molecular weight excluding hydrogens is 366 g/mol. The van der Waals surface area contributed by atoms with E-state index in [9.17, 15) is 4.79 Å². The second kappa shape index (κ2) is 6.99. The zero-order chi connectivity index (χ0) is 19.8. The highest BCUT2D eigenvalue weighted by atomic mass is 16.1. The van der Waals surface area contributed by atoms with Gasteiger partial charge in [0.1, 0.15) is 5.82 Å². The van der Waals surface area contributed by atoms with E-state index in [0.29, 0.717) is 35.8 Å². The van der Waals surface area contributed by atoms with Crippen LogP contribution in [0.5, 0.6) is 0 Å². The van der Waals surface area contributed by atoms with Crippen molar-refractivity contribution in [1.29, 1.82) is 0 Å². The summed E-state index contributed by atoms with van der Waals surface area (Å²) in [6, 6.07) is 13.6. The quantitative estimate of drug-likeness (QED) is 0.485. The highest BCUT2D eigenvalue weighted by Gasteiger charge is 2.22. The zero-order valence-electron chi connectivity index (χ0n) is 15.6. The van der Waals surface area contributed by atoms with Gasteiger partial charge in [0.25, 0.3) is 5.91 Å². The molecule has 0 fully saturated rings. The molecule has 8 nitrogen and oxygen atoms in total. The van der Waals surface area contributed by atoms with Crippen LogP contribution < -0.4 is 16.4 Å². The summed E-state index contributed by atoms with van der Waals surface area (Å²) in [5, 5.41) is 6.77. The Morgan fingerprint density at radius 3 is 2.83 bits per heavy atom. The Morgan fingerprint density at radius 1 is 1.14 bits per heavy atom. The number of carbonyl (C=O) groups excluding carboxylic acids is 1. The second-order valence-corrected chi connectivity index (χ2v) is 6.89. The number of primary amides is 1. The molecule has 0 saturated heterocycles. The van der Waals surface area contributed by atoms with E-state index in [1.807, 2.05) is 24.4 Å². The number of hydrogen-bond donors (Lipinski definition) is 3. The minimum Gasteiger partial charge on any atom is -0.366 e. The van der Waals surface area contributed by atoms with Gasteiger partial charge in [-0.05, 0) is 17.7 Å². The molecule has 0 atom stereocenters. The minimum atomic E-state index is -0.494. The first-order valence-electron chi connectivity index (χ1n) is 9.35. The highest BCUT2D eigenvalue weighted by Crippen LogP contribution is 2.26. The Morgan fingerprint density at radius 2 is 2.00 bits per heavy atom. The third-order valence-corrected chi connectivity index (χ3v) is 5.03. The maximum absolute atomic E-state index is 11.7. The standard InChI is InChI=1S/C21H19N7O/c22-18(29)14-7-4-8-28-17(14)12-25-21(28)20-26-16-11-23-10-15(16)19(27-20)24-9-13-5-2-1-3-6-13/h1-8,12,23H,9-11H2,(H2,22,29)(H,24,26,27). The largest absolute Gasteiger partial charge is 0.366 e. The number of hydrogen-bond acceptors (Lipinski definition) is 6. The van der Waals surface area contributed by atoms with Crippen molar-refractivity contribution < 1.29 is 4.79 Å². The summed E-state index contributed by atoms with van der Waals surface area (Å²) >= 11 is 0. The maximum Gasteiger partial charge on any atom is 0.250 e. The summed E-state index contributed by atoms with van der Waals surface area (Å²) < 4.78 is 1.80. The van der Waals surface area contributed by atoms with Gasteiger partial charge in [-0.2, -0.15) is 0 Å². The fraction of sp³-hybridized carbons (Fsp3) is 0.143. The molecule has 1 aliphatic rings. The number of rotatable bonds is 5. The molecule has 4 N–H and O–H groups in total. The molecule has 3 aromatic heterocycles. The Balaban J connectivity index is 1.57. The number of aromatic nitrogens is 4. The van der Waals surface area contributed by atoms with Crippen LogP contribution >= 0.6 is 0 Å². The first kappa shape index (κ1) is 17.3. The molecule has 0 bridgehead atoms. The van der Waals surface area contributed by atoms with Crippen LogP contribution in [0.15, 0.2) is 54.9 Å². The van der Waals surface area contributed by atoms with E-state index in [1.165, 1.54) is 5.56 Å². The monoisotopic (exact) mass is 385 g/mol. The van der Waals surface area contributed by atoms with Crippen LogP contribution in [0.2, 0.25) is 0 Å². The molecule has 4 aromatic rings. The van der Waals surface area contributed by atoms with Gasteiger partial charge in [0.2, 0.25) is 0 Å². The number of nitrogens with one attached hydrogen (secondary N) is 2. The molecule has 144 valence electrons. The topological polar surface area (TPSA) is 110 Å². The number of amides is 1. The first-order chi connectivity index (χ1) is 14.2. The molecule has 0 radical (unpaired) electrons. The van der Waals surface area contributed by atoms with E-state index >= 15 is 0 Å². The van der Waals surface area contributed by atoms with Crippen LogP contribution in [0.4, 0.5) is 5.82 Å². The molecule has 1 amide bonds. The molecule has 8 heteroatoms. The lowest BCUT2D eigenvalue weighted by atomic mass is 10.2. The van der Waals surface area contributed by atoms with Crippen LogP contribution in [-0.4, -0.2) is 25.3 Å². The second-order valence-electron chi connectivity index (χ2n) is 6.89. The van der Waals surface area contributed by atoms with Crippen molar-refractivity contribution in [3.63, 3.8) is 0 Å². The maximum atomic E-state index is 11.7. The van der Waals surface area contributed by atoms with Crippen molar-refractivity contribution >= 4 is 17.2 Å². The van der Waals surface area contributed by atoms with Crippen LogP contribution in [-0.2, 0) is 19.6 Å². The fourth-order valence-corrected chi connectivity index (χ4v) is 3.59. The number of nitrogens with zero attached hydrogens (tertiary/aromatic N) is 4. The van der Waals surface area contributed by atoms with Gasteiger partial charge in [-0.25, -0.2) is 15.0 Å². The molecule has 4 heterocycles.